The Balaban J connectivity index is 1.87. The molecule has 2 rings (SSSR count). The smallest absolute Gasteiger partial charge is 0.354 e. The van der Waals surface area contributed by atoms with Crippen LogP contribution in [0.1, 0.15) is 32.3 Å². The third-order valence-corrected chi connectivity index (χ3v) is 6.28. The lowest BCUT2D eigenvalue weighted by atomic mass is 10.1. The molecule has 1 aromatic carbocycles. The van der Waals surface area contributed by atoms with E-state index in [-0.39, 0.29) is 32.0 Å². The summed E-state index contributed by atoms with van der Waals surface area (Å²) in [6.07, 6.45) is -1.93. The van der Waals surface area contributed by atoms with Crippen LogP contribution in [0.5, 0.6) is 0 Å². The molecule has 30 heavy (non-hydrogen) atoms. The lowest BCUT2D eigenvalue weighted by molar-refractivity contribution is -0.137. The van der Waals surface area contributed by atoms with E-state index in [4.69, 9.17) is 4.84 Å². The first kappa shape index (κ1) is 24.2. The Morgan fingerprint density at radius 3 is 2.63 bits per heavy atom. The first-order chi connectivity index (χ1) is 14.0. The van der Waals surface area contributed by atoms with Crippen LogP contribution in [0, 0.1) is 5.92 Å². The molecule has 11 heteroatoms. The molecule has 1 amide bonds. The molecule has 1 aliphatic rings. The molecule has 7 nitrogen and oxygen atoms in total. The highest BCUT2D eigenvalue weighted by Crippen LogP contribution is 2.31. The zero-order valence-electron chi connectivity index (χ0n) is 16.8. The molecule has 168 valence electrons. The number of hydrogen-bond acceptors (Lipinski definition) is 5. The fourth-order valence-corrected chi connectivity index (χ4v) is 4.12. The summed E-state index contributed by atoms with van der Waals surface area (Å²) in [5.74, 6) is 0.209. The number of alkyl halides is 3. The molecular formula is C19H26F3N3O4S. The van der Waals surface area contributed by atoms with Crippen molar-refractivity contribution in [1.82, 2.24) is 15.1 Å². The maximum absolute atomic E-state index is 12.9. The molecule has 0 aliphatic carbocycles. The van der Waals surface area contributed by atoms with Crippen molar-refractivity contribution in [3.05, 3.63) is 41.6 Å². The van der Waals surface area contributed by atoms with E-state index in [1.165, 1.54) is 0 Å². The molecule has 0 spiro atoms. The number of hydrogen-bond donors (Lipinski definition) is 2. The van der Waals surface area contributed by atoms with Gasteiger partial charge in [-0.05, 0) is 36.6 Å². The molecule has 1 heterocycles. The number of nitrogens with zero attached hydrogens (tertiary/aromatic N) is 1. The molecule has 0 radical (unpaired) electrons. The van der Waals surface area contributed by atoms with Gasteiger partial charge in [-0.15, -0.1) is 0 Å². The number of halogens is 3. The summed E-state index contributed by atoms with van der Waals surface area (Å²) in [5.41, 5.74) is 2.20. The van der Waals surface area contributed by atoms with Crippen LogP contribution >= 0.6 is 0 Å². The Hall–Kier alpha value is -2.11. The maximum Gasteiger partial charge on any atom is 0.416 e. The van der Waals surface area contributed by atoms with Crippen molar-refractivity contribution in [3.63, 3.8) is 0 Å². The van der Waals surface area contributed by atoms with Crippen molar-refractivity contribution in [3.8, 4) is 0 Å². The summed E-state index contributed by atoms with van der Waals surface area (Å²) in [4.78, 5) is 16.4. The lowest BCUT2D eigenvalue weighted by Gasteiger charge is -2.26. The molecule has 0 unspecified atom stereocenters. The highest BCUT2D eigenvalue weighted by Gasteiger charge is 2.33. The number of benzene rings is 1. The minimum absolute atomic E-state index is 0.0230. The van der Waals surface area contributed by atoms with Gasteiger partial charge in [0.25, 0.3) is 0 Å². The van der Waals surface area contributed by atoms with Gasteiger partial charge in [0.2, 0.25) is 15.9 Å². The van der Waals surface area contributed by atoms with Gasteiger partial charge in [0.1, 0.15) is 0 Å². The second-order valence-electron chi connectivity index (χ2n) is 7.29. The highest BCUT2D eigenvalue weighted by atomic mass is 32.2. The van der Waals surface area contributed by atoms with Crippen LogP contribution in [0.15, 0.2) is 40.9 Å². The second kappa shape index (κ2) is 10.3. The van der Waals surface area contributed by atoms with E-state index in [9.17, 15) is 26.4 Å². The first-order valence-corrected chi connectivity index (χ1v) is 10.9. The number of sulfonamides is 1. The Morgan fingerprint density at radius 1 is 1.30 bits per heavy atom. The summed E-state index contributed by atoms with van der Waals surface area (Å²) in [6, 6.07) is 3.67. The number of nitrogens with one attached hydrogen (secondary N) is 2. The molecule has 1 aromatic rings. The SMILES string of the molecule is CC(C)CCNC(=O)CONC1=CCN(S(=O)(=O)c2cccc(C(F)(F)F)c2)CC1. The molecule has 0 atom stereocenters. The molecule has 0 saturated carbocycles. The number of hydroxylamine groups is 1. The average Bonchev–Trinajstić information content (AvgIpc) is 2.67. The zero-order valence-corrected chi connectivity index (χ0v) is 17.6. The van der Waals surface area contributed by atoms with E-state index in [2.05, 4.69) is 24.6 Å². The zero-order chi connectivity index (χ0) is 22.4. The van der Waals surface area contributed by atoms with Crippen molar-refractivity contribution in [2.75, 3.05) is 26.2 Å². The monoisotopic (exact) mass is 449 g/mol. The Bertz CT molecular complexity index is 870. The lowest BCUT2D eigenvalue weighted by Crippen LogP contribution is -2.37. The fraction of sp³-hybridized carbons (Fsp3) is 0.526. The maximum atomic E-state index is 12.9. The van der Waals surface area contributed by atoms with Gasteiger partial charge in [-0.25, -0.2) is 8.42 Å². The summed E-state index contributed by atoms with van der Waals surface area (Å²) in [7, 11) is -4.06. The highest BCUT2D eigenvalue weighted by molar-refractivity contribution is 7.89. The van der Waals surface area contributed by atoms with E-state index < -0.39 is 26.7 Å². The third kappa shape index (κ3) is 6.99. The molecule has 1 aliphatic heterocycles. The first-order valence-electron chi connectivity index (χ1n) is 9.51. The summed E-state index contributed by atoms with van der Waals surface area (Å²) >= 11 is 0. The van der Waals surface area contributed by atoms with Crippen molar-refractivity contribution in [1.29, 1.82) is 0 Å². The van der Waals surface area contributed by atoms with Gasteiger partial charge in [0, 0.05) is 31.8 Å². The van der Waals surface area contributed by atoms with Gasteiger partial charge in [-0.1, -0.05) is 19.9 Å². The van der Waals surface area contributed by atoms with Crippen LogP contribution in [0.4, 0.5) is 13.2 Å². The van der Waals surface area contributed by atoms with Crippen LogP contribution in [-0.4, -0.2) is 44.9 Å². The van der Waals surface area contributed by atoms with Gasteiger partial charge in [0.05, 0.1) is 10.5 Å². The topological polar surface area (TPSA) is 87.7 Å². The van der Waals surface area contributed by atoms with Gasteiger partial charge in [0.15, 0.2) is 6.61 Å². The third-order valence-electron chi connectivity index (χ3n) is 4.42. The number of carbonyl (C=O) groups is 1. The van der Waals surface area contributed by atoms with E-state index >= 15 is 0 Å². The number of amides is 1. The van der Waals surface area contributed by atoms with E-state index in [0.717, 1.165) is 28.9 Å². The van der Waals surface area contributed by atoms with Gasteiger partial charge >= 0.3 is 6.18 Å². The van der Waals surface area contributed by atoms with Gasteiger partial charge in [-0.3, -0.25) is 15.1 Å². The summed E-state index contributed by atoms with van der Waals surface area (Å²) < 4.78 is 65.0. The quantitative estimate of drug-likeness (QED) is 0.566. The van der Waals surface area contributed by atoms with Crippen LogP contribution < -0.4 is 10.8 Å². The molecule has 0 saturated heterocycles. The van der Waals surface area contributed by atoms with Crippen molar-refractivity contribution in [2.45, 2.75) is 37.8 Å². The fourth-order valence-electron chi connectivity index (χ4n) is 2.69. The minimum Gasteiger partial charge on any atom is -0.354 e. The summed E-state index contributed by atoms with van der Waals surface area (Å²) in [5, 5.41) is 2.72. The van der Waals surface area contributed by atoms with E-state index in [0.29, 0.717) is 24.2 Å². The molecule has 0 aromatic heterocycles. The predicted molar refractivity (Wildman–Crippen MR) is 104 cm³/mol. The number of rotatable bonds is 9. The molecule has 0 fully saturated rings. The predicted octanol–water partition coefficient (Wildman–Crippen LogP) is 2.67. The molecule has 2 N–H and O–H groups in total. The van der Waals surface area contributed by atoms with Crippen LogP contribution in [0.3, 0.4) is 0 Å². The van der Waals surface area contributed by atoms with Crippen LogP contribution in [0.25, 0.3) is 0 Å². The molecule has 0 bridgehead atoms. The number of carbonyl (C=O) groups excluding carboxylic acids is 1. The largest absolute Gasteiger partial charge is 0.416 e. The van der Waals surface area contributed by atoms with Crippen LogP contribution in [-0.2, 0) is 25.8 Å². The van der Waals surface area contributed by atoms with Crippen molar-refractivity contribution < 1.29 is 31.2 Å². The van der Waals surface area contributed by atoms with E-state index in [1.807, 2.05) is 0 Å². The minimum atomic E-state index is -4.62. The molecular weight excluding hydrogens is 423 g/mol. The standard InChI is InChI=1S/C19H26F3N3O4S/c1-14(2)6-9-23-18(26)13-29-24-16-7-10-25(11-8-16)30(27,28)17-5-3-4-15(12-17)19(20,21)22/h3-5,7,12,14,24H,6,8-11,13H2,1-2H3,(H,23,26). The van der Waals surface area contributed by atoms with Crippen molar-refractivity contribution >= 4 is 15.9 Å². The summed E-state index contributed by atoms with van der Waals surface area (Å²) in [6.45, 7) is 4.52. The Kier molecular flexibility index (Phi) is 8.27. The van der Waals surface area contributed by atoms with Gasteiger partial charge in [-0.2, -0.15) is 17.5 Å². The van der Waals surface area contributed by atoms with Crippen molar-refractivity contribution in [2.24, 2.45) is 5.92 Å². The Labute approximate surface area is 174 Å². The second-order valence-corrected chi connectivity index (χ2v) is 9.23. The average molecular weight is 449 g/mol. The Morgan fingerprint density at radius 2 is 2.03 bits per heavy atom. The van der Waals surface area contributed by atoms with E-state index in [1.54, 1.807) is 6.08 Å². The van der Waals surface area contributed by atoms with Crippen LogP contribution in [0.2, 0.25) is 0 Å². The van der Waals surface area contributed by atoms with Gasteiger partial charge < -0.3 is 5.32 Å². The normalized spacial score (nSPS) is 15.7.